The Hall–Kier alpha value is -0.240. The number of hydrogen-bond donors (Lipinski definition) is 0. The lowest BCUT2D eigenvalue weighted by Gasteiger charge is -2.07. The first-order valence-corrected chi connectivity index (χ1v) is 4.54. The van der Waals surface area contributed by atoms with Crippen molar-refractivity contribution in [2.75, 3.05) is 6.26 Å². The lowest BCUT2D eigenvalue weighted by molar-refractivity contribution is 0.886. The Morgan fingerprint density at radius 2 is 2.00 bits per heavy atom. The molecule has 0 heterocycles. The first kappa shape index (κ1) is 9.76. The van der Waals surface area contributed by atoms with Crippen LogP contribution in [0.25, 0.3) is 0 Å². The van der Waals surface area contributed by atoms with E-state index in [-0.39, 0.29) is 0 Å². The fourth-order valence-corrected chi connectivity index (χ4v) is 1.34. The van der Waals surface area contributed by atoms with Gasteiger partial charge in [0, 0.05) is 6.26 Å². The predicted octanol–water partition coefficient (Wildman–Crippen LogP) is 2.94. The summed E-state index contributed by atoms with van der Waals surface area (Å²) >= 11 is 1.49. The summed E-state index contributed by atoms with van der Waals surface area (Å²) in [6.45, 7) is 10.1. The SMILES string of the molecule is C=C(C)/C(=N\SC)C(C)C. The monoisotopic (exact) mass is 157 g/mol. The van der Waals surface area contributed by atoms with Crippen molar-refractivity contribution < 1.29 is 0 Å². The summed E-state index contributed by atoms with van der Waals surface area (Å²) in [5, 5.41) is 0. The molecule has 0 spiro atoms. The molecule has 0 N–H and O–H groups in total. The molecule has 0 saturated heterocycles. The Kier molecular flexibility index (Phi) is 4.45. The largest absolute Gasteiger partial charge is 0.221 e. The average Bonchev–Trinajstić information content (AvgIpc) is 1.81. The van der Waals surface area contributed by atoms with Crippen molar-refractivity contribution >= 4 is 17.7 Å². The molecule has 0 aliphatic carbocycles. The summed E-state index contributed by atoms with van der Waals surface area (Å²) in [7, 11) is 0. The van der Waals surface area contributed by atoms with Crippen LogP contribution in [0.1, 0.15) is 20.8 Å². The lowest BCUT2D eigenvalue weighted by atomic mass is 10.0. The molecule has 0 radical (unpaired) electrons. The van der Waals surface area contributed by atoms with Gasteiger partial charge < -0.3 is 0 Å². The number of allylic oxidation sites excluding steroid dienone is 1. The van der Waals surface area contributed by atoms with Gasteiger partial charge in [-0.05, 0) is 30.4 Å². The number of nitrogens with zero attached hydrogens (tertiary/aromatic N) is 1. The van der Waals surface area contributed by atoms with Crippen LogP contribution < -0.4 is 0 Å². The smallest absolute Gasteiger partial charge is 0.0535 e. The minimum absolute atomic E-state index is 0.491. The molecule has 0 aromatic rings. The molecule has 0 amide bonds. The average molecular weight is 157 g/mol. The summed E-state index contributed by atoms with van der Waals surface area (Å²) in [4.78, 5) is 0. The molecule has 58 valence electrons. The van der Waals surface area contributed by atoms with Crippen LogP contribution in [0.3, 0.4) is 0 Å². The van der Waals surface area contributed by atoms with Crippen molar-refractivity contribution in [2.24, 2.45) is 10.3 Å². The standard InChI is InChI=1S/C8H15NS/c1-6(2)8(7(3)4)9-10-5/h7H,1H2,2-5H3/b9-8+. The van der Waals surface area contributed by atoms with Crippen LogP contribution in [0.5, 0.6) is 0 Å². The molecule has 0 unspecified atom stereocenters. The Morgan fingerprint density at radius 1 is 1.50 bits per heavy atom. The number of hydrogen-bond acceptors (Lipinski definition) is 2. The zero-order chi connectivity index (χ0) is 8.15. The van der Waals surface area contributed by atoms with E-state index in [1.807, 2.05) is 13.2 Å². The van der Waals surface area contributed by atoms with Gasteiger partial charge in [0.1, 0.15) is 0 Å². The second-order valence-electron chi connectivity index (χ2n) is 2.59. The van der Waals surface area contributed by atoms with Gasteiger partial charge in [-0.2, -0.15) is 0 Å². The quantitative estimate of drug-likeness (QED) is 0.453. The number of rotatable bonds is 3. The van der Waals surface area contributed by atoms with Gasteiger partial charge in [-0.15, -0.1) is 0 Å². The van der Waals surface area contributed by atoms with E-state index in [0.29, 0.717) is 5.92 Å². The van der Waals surface area contributed by atoms with E-state index < -0.39 is 0 Å². The van der Waals surface area contributed by atoms with Gasteiger partial charge in [0.2, 0.25) is 0 Å². The van der Waals surface area contributed by atoms with Gasteiger partial charge >= 0.3 is 0 Å². The van der Waals surface area contributed by atoms with Gasteiger partial charge in [0.05, 0.1) is 5.71 Å². The Balaban J connectivity index is 4.27. The molecule has 0 aromatic carbocycles. The lowest BCUT2D eigenvalue weighted by Crippen LogP contribution is -2.07. The Labute approximate surface area is 67.8 Å². The van der Waals surface area contributed by atoms with Gasteiger partial charge in [-0.25, -0.2) is 4.40 Å². The molecule has 2 heteroatoms. The minimum atomic E-state index is 0.491. The van der Waals surface area contributed by atoms with Crippen LogP contribution in [0.4, 0.5) is 0 Å². The molecule has 1 nitrogen and oxygen atoms in total. The van der Waals surface area contributed by atoms with E-state index in [1.54, 1.807) is 0 Å². The molecule has 0 aromatic heterocycles. The molecule has 0 aliphatic rings. The molecular weight excluding hydrogens is 142 g/mol. The maximum Gasteiger partial charge on any atom is 0.0535 e. The molecule has 0 atom stereocenters. The van der Waals surface area contributed by atoms with Crippen molar-refractivity contribution in [3.63, 3.8) is 0 Å². The highest BCUT2D eigenvalue weighted by molar-refractivity contribution is 7.97. The fourth-order valence-electron chi connectivity index (χ4n) is 0.774. The molecule has 0 aliphatic heterocycles. The summed E-state index contributed by atoms with van der Waals surface area (Å²) < 4.78 is 4.26. The van der Waals surface area contributed by atoms with E-state index in [0.717, 1.165) is 11.3 Å². The van der Waals surface area contributed by atoms with Crippen molar-refractivity contribution in [3.05, 3.63) is 12.2 Å². The second-order valence-corrected chi connectivity index (χ2v) is 3.14. The normalized spacial score (nSPS) is 12.3. The van der Waals surface area contributed by atoms with Gasteiger partial charge in [-0.1, -0.05) is 20.4 Å². The summed E-state index contributed by atoms with van der Waals surface area (Å²) in [5.74, 6) is 0.491. The predicted molar refractivity (Wildman–Crippen MR) is 50.6 cm³/mol. The molecule has 0 fully saturated rings. The van der Waals surface area contributed by atoms with Crippen LogP contribution in [-0.4, -0.2) is 12.0 Å². The van der Waals surface area contributed by atoms with Crippen LogP contribution in [-0.2, 0) is 0 Å². The zero-order valence-electron chi connectivity index (χ0n) is 7.14. The third-order valence-electron chi connectivity index (χ3n) is 1.17. The van der Waals surface area contributed by atoms with Crippen LogP contribution in [0, 0.1) is 5.92 Å². The van der Waals surface area contributed by atoms with Crippen molar-refractivity contribution in [3.8, 4) is 0 Å². The summed E-state index contributed by atoms with van der Waals surface area (Å²) in [5.41, 5.74) is 2.19. The van der Waals surface area contributed by atoms with Gasteiger partial charge in [0.25, 0.3) is 0 Å². The highest BCUT2D eigenvalue weighted by atomic mass is 32.2. The molecule has 10 heavy (non-hydrogen) atoms. The third kappa shape index (κ3) is 3.06. The second kappa shape index (κ2) is 4.56. The third-order valence-corrected chi connectivity index (χ3v) is 1.55. The topological polar surface area (TPSA) is 12.4 Å². The van der Waals surface area contributed by atoms with E-state index >= 15 is 0 Å². The first-order chi connectivity index (χ1) is 4.59. The Bertz CT molecular complexity index is 147. The van der Waals surface area contributed by atoms with E-state index in [2.05, 4.69) is 24.8 Å². The van der Waals surface area contributed by atoms with Crippen LogP contribution in [0.15, 0.2) is 16.5 Å². The zero-order valence-corrected chi connectivity index (χ0v) is 7.96. The highest BCUT2D eigenvalue weighted by Crippen LogP contribution is 2.09. The van der Waals surface area contributed by atoms with Crippen LogP contribution >= 0.6 is 11.9 Å². The maximum atomic E-state index is 4.26. The van der Waals surface area contributed by atoms with E-state index in [1.165, 1.54) is 11.9 Å². The van der Waals surface area contributed by atoms with E-state index in [4.69, 9.17) is 0 Å². The van der Waals surface area contributed by atoms with Crippen molar-refractivity contribution in [1.82, 2.24) is 0 Å². The Morgan fingerprint density at radius 3 is 2.10 bits per heavy atom. The van der Waals surface area contributed by atoms with Gasteiger partial charge in [-0.3, -0.25) is 0 Å². The fraction of sp³-hybridized carbons (Fsp3) is 0.625. The molecular formula is C8H15NS. The first-order valence-electron chi connectivity index (χ1n) is 3.36. The van der Waals surface area contributed by atoms with Gasteiger partial charge in [0.15, 0.2) is 0 Å². The molecule has 0 rings (SSSR count). The summed E-state index contributed by atoms with van der Waals surface area (Å²) in [6.07, 6.45) is 1.96. The van der Waals surface area contributed by atoms with E-state index in [9.17, 15) is 0 Å². The maximum absolute atomic E-state index is 4.26. The molecule has 0 saturated carbocycles. The summed E-state index contributed by atoms with van der Waals surface area (Å²) in [6, 6.07) is 0. The van der Waals surface area contributed by atoms with Crippen LogP contribution in [0.2, 0.25) is 0 Å². The molecule has 0 bridgehead atoms. The van der Waals surface area contributed by atoms with Crippen molar-refractivity contribution in [2.45, 2.75) is 20.8 Å². The van der Waals surface area contributed by atoms with Crippen molar-refractivity contribution in [1.29, 1.82) is 0 Å². The minimum Gasteiger partial charge on any atom is -0.221 e. The highest BCUT2D eigenvalue weighted by Gasteiger charge is 2.04.